The van der Waals surface area contributed by atoms with E-state index in [1.165, 1.54) is 6.07 Å². The fourth-order valence-electron chi connectivity index (χ4n) is 3.88. The van der Waals surface area contributed by atoms with Crippen LogP contribution in [0.5, 0.6) is 0 Å². The average Bonchev–Trinajstić information content (AvgIpc) is 2.59. The molecule has 0 bridgehead atoms. The van der Waals surface area contributed by atoms with Gasteiger partial charge in [0.25, 0.3) is 0 Å². The van der Waals surface area contributed by atoms with E-state index < -0.39 is 10.8 Å². The van der Waals surface area contributed by atoms with Gasteiger partial charge in [0.15, 0.2) is 0 Å². The van der Waals surface area contributed by atoms with E-state index in [2.05, 4.69) is 11.4 Å². The highest BCUT2D eigenvalue weighted by Crippen LogP contribution is 2.37. The zero-order valence-electron chi connectivity index (χ0n) is 14.1. The van der Waals surface area contributed by atoms with Gasteiger partial charge in [0.1, 0.15) is 5.82 Å². The van der Waals surface area contributed by atoms with Crippen LogP contribution in [0.2, 0.25) is 0 Å². The average molecular weight is 329 g/mol. The van der Waals surface area contributed by atoms with Crippen molar-refractivity contribution < 1.29 is 9.18 Å². The monoisotopic (exact) mass is 329 g/mol. The van der Waals surface area contributed by atoms with Crippen LogP contribution in [0.25, 0.3) is 0 Å². The van der Waals surface area contributed by atoms with Gasteiger partial charge in [-0.05, 0) is 37.3 Å². The number of nitrogens with one attached hydrogen (secondary N) is 1. The Bertz CT molecular complexity index is 665. The van der Waals surface area contributed by atoms with E-state index in [1.807, 2.05) is 11.8 Å². The van der Waals surface area contributed by atoms with Crippen molar-refractivity contribution in [2.75, 3.05) is 26.2 Å². The number of hydrogen-bond acceptors (Lipinski definition) is 3. The molecule has 2 aliphatic heterocycles. The number of nitriles is 1. The molecule has 128 valence electrons. The summed E-state index contributed by atoms with van der Waals surface area (Å²) in [4.78, 5) is 15.0. The molecule has 1 atom stereocenters. The fourth-order valence-corrected chi connectivity index (χ4v) is 3.88. The molecule has 0 saturated carbocycles. The van der Waals surface area contributed by atoms with Gasteiger partial charge in [0, 0.05) is 26.2 Å². The summed E-state index contributed by atoms with van der Waals surface area (Å²) in [5.41, 5.74) is -0.412. The van der Waals surface area contributed by atoms with Crippen molar-refractivity contribution in [3.8, 4) is 6.07 Å². The second-order valence-corrected chi connectivity index (χ2v) is 7.23. The predicted molar refractivity (Wildman–Crippen MR) is 89.6 cm³/mol. The highest BCUT2D eigenvalue weighted by Gasteiger charge is 2.48. The standard InChI is InChI=1S/C19H24FN3O/c1-2-18(11-21)8-5-9-23(14-18)17(24)19(12-22-13-19)10-15-6-3-4-7-16(15)20/h3-4,6-7,22H,2,5,8-10,12-14H2,1H3. The zero-order valence-corrected chi connectivity index (χ0v) is 14.1. The van der Waals surface area contributed by atoms with E-state index in [4.69, 9.17) is 0 Å². The van der Waals surface area contributed by atoms with Gasteiger partial charge in [0.05, 0.1) is 16.9 Å². The van der Waals surface area contributed by atoms with E-state index in [1.54, 1.807) is 18.2 Å². The first-order valence-electron chi connectivity index (χ1n) is 8.69. The first kappa shape index (κ1) is 16.9. The number of benzene rings is 1. The topological polar surface area (TPSA) is 56.1 Å². The Hall–Kier alpha value is -1.93. The molecule has 5 heteroatoms. The molecule has 0 radical (unpaired) electrons. The summed E-state index contributed by atoms with van der Waals surface area (Å²) in [7, 11) is 0. The van der Waals surface area contributed by atoms with Crippen LogP contribution in [0, 0.1) is 28.0 Å². The SMILES string of the molecule is CCC1(C#N)CCCN(C(=O)C2(Cc3ccccc3F)CNC2)C1. The molecule has 3 rings (SSSR count). The van der Waals surface area contributed by atoms with Crippen LogP contribution in [0.1, 0.15) is 31.7 Å². The van der Waals surface area contributed by atoms with Crippen LogP contribution >= 0.6 is 0 Å². The van der Waals surface area contributed by atoms with Crippen LogP contribution in [-0.4, -0.2) is 37.0 Å². The van der Waals surface area contributed by atoms with Crippen molar-refractivity contribution in [2.24, 2.45) is 10.8 Å². The number of halogens is 1. The number of amides is 1. The van der Waals surface area contributed by atoms with Gasteiger partial charge in [-0.3, -0.25) is 4.79 Å². The van der Waals surface area contributed by atoms with E-state index in [9.17, 15) is 14.4 Å². The summed E-state index contributed by atoms with van der Waals surface area (Å²) >= 11 is 0. The molecule has 1 amide bonds. The molecule has 4 nitrogen and oxygen atoms in total. The fraction of sp³-hybridized carbons (Fsp3) is 0.579. The highest BCUT2D eigenvalue weighted by molar-refractivity contribution is 5.85. The van der Waals surface area contributed by atoms with E-state index >= 15 is 0 Å². The van der Waals surface area contributed by atoms with E-state index in [-0.39, 0.29) is 11.7 Å². The second kappa shape index (κ2) is 6.52. The maximum Gasteiger partial charge on any atom is 0.231 e. The minimum Gasteiger partial charge on any atom is -0.341 e. The van der Waals surface area contributed by atoms with Crippen molar-refractivity contribution in [2.45, 2.75) is 32.6 Å². The molecular formula is C19H24FN3O. The smallest absolute Gasteiger partial charge is 0.231 e. The van der Waals surface area contributed by atoms with Gasteiger partial charge >= 0.3 is 0 Å². The minimum absolute atomic E-state index is 0.0669. The Kier molecular flexibility index (Phi) is 4.60. The highest BCUT2D eigenvalue weighted by atomic mass is 19.1. The lowest BCUT2D eigenvalue weighted by atomic mass is 9.73. The maximum absolute atomic E-state index is 14.0. The van der Waals surface area contributed by atoms with Crippen LogP contribution < -0.4 is 5.32 Å². The predicted octanol–water partition coefficient (Wildman–Crippen LogP) is 2.50. The third-order valence-corrected chi connectivity index (χ3v) is 5.65. The van der Waals surface area contributed by atoms with Gasteiger partial charge in [-0.1, -0.05) is 25.1 Å². The van der Waals surface area contributed by atoms with E-state index in [0.29, 0.717) is 38.2 Å². The Labute approximate surface area is 142 Å². The number of piperidine rings is 1. The summed E-state index contributed by atoms with van der Waals surface area (Å²) in [6.45, 7) is 4.35. The third-order valence-electron chi connectivity index (χ3n) is 5.65. The number of likely N-dealkylation sites (tertiary alicyclic amines) is 1. The molecule has 2 fully saturated rings. The van der Waals surface area contributed by atoms with Crippen LogP contribution in [0.15, 0.2) is 24.3 Å². The summed E-state index contributed by atoms with van der Waals surface area (Å²) in [6.07, 6.45) is 2.87. The number of nitrogens with zero attached hydrogens (tertiary/aromatic N) is 2. The lowest BCUT2D eigenvalue weighted by molar-refractivity contribution is -0.148. The lowest BCUT2D eigenvalue weighted by Gasteiger charge is -2.47. The summed E-state index contributed by atoms with van der Waals surface area (Å²) < 4.78 is 14.0. The summed E-state index contributed by atoms with van der Waals surface area (Å²) in [6, 6.07) is 9.10. The molecule has 2 aliphatic rings. The number of carbonyl (C=O) groups is 1. The zero-order chi connectivity index (χ0) is 17.2. The molecule has 0 spiro atoms. The molecule has 24 heavy (non-hydrogen) atoms. The van der Waals surface area contributed by atoms with Crippen molar-refractivity contribution in [1.29, 1.82) is 5.26 Å². The molecule has 1 unspecified atom stereocenters. The van der Waals surface area contributed by atoms with E-state index in [0.717, 1.165) is 19.3 Å². The summed E-state index contributed by atoms with van der Waals surface area (Å²) in [5.74, 6) is -0.188. The molecule has 2 heterocycles. The van der Waals surface area contributed by atoms with Crippen LogP contribution in [-0.2, 0) is 11.2 Å². The van der Waals surface area contributed by atoms with Crippen molar-refractivity contribution >= 4 is 5.91 Å². The van der Waals surface area contributed by atoms with Gasteiger partial charge in [0.2, 0.25) is 5.91 Å². The third kappa shape index (κ3) is 2.91. The van der Waals surface area contributed by atoms with Gasteiger partial charge < -0.3 is 10.2 Å². The number of hydrogen-bond donors (Lipinski definition) is 1. The molecule has 0 aliphatic carbocycles. The minimum atomic E-state index is -0.575. The molecule has 2 saturated heterocycles. The quantitative estimate of drug-likeness (QED) is 0.923. The molecule has 1 aromatic carbocycles. The largest absolute Gasteiger partial charge is 0.341 e. The van der Waals surface area contributed by atoms with Crippen LogP contribution in [0.3, 0.4) is 0 Å². The first-order valence-corrected chi connectivity index (χ1v) is 8.69. The Morgan fingerprint density at radius 1 is 1.42 bits per heavy atom. The molecule has 0 aromatic heterocycles. The van der Waals surface area contributed by atoms with Crippen molar-refractivity contribution in [1.82, 2.24) is 10.2 Å². The Morgan fingerprint density at radius 3 is 2.75 bits per heavy atom. The van der Waals surface area contributed by atoms with Crippen LogP contribution in [0.4, 0.5) is 4.39 Å². The molecule has 1 aromatic rings. The molecular weight excluding hydrogens is 305 g/mol. The number of rotatable bonds is 4. The van der Waals surface area contributed by atoms with Crippen molar-refractivity contribution in [3.05, 3.63) is 35.6 Å². The van der Waals surface area contributed by atoms with Gasteiger partial charge in [-0.15, -0.1) is 0 Å². The normalized spacial score (nSPS) is 25.6. The van der Waals surface area contributed by atoms with Gasteiger partial charge in [-0.25, -0.2) is 4.39 Å². The Morgan fingerprint density at radius 2 is 2.17 bits per heavy atom. The second-order valence-electron chi connectivity index (χ2n) is 7.23. The first-order chi connectivity index (χ1) is 11.5. The molecule has 1 N–H and O–H groups in total. The maximum atomic E-state index is 14.0. The van der Waals surface area contributed by atoms with Crippen molar-refractivity contribution in [3.63, 3.8) is 0 Å². The van der Waals surface area contributed by atoms with Gasteiger partial charge in [-0.2, -0.15) is 5.26 Å². The lowest BCUT2D eigenvalue weighted by Crippen LogP contribution is -2.64. The Balaban J connectivity index is 1.79. The summed E-state index contributed by atoms with van der Waals surface area (Å²) in [5, 5.41) is 12.7. The number of carbonyl (C=O) groups excluding carboxylic acids is 1.